The molecule has 6 nitrogen and oxygen atoms in total. The Morgan fingerprint density at radius 1 is 1.33 bits per heavy atom. The second-order valence-corrected chi connectivity index (χ2v) is 5.43. The summed E-state index contributed by atoms with van der Waals surface area (Å²) < 4.78 is 59.6. The van der Waals surface area contributed by atoms with Gasteiger partial charge in [0, 0.05) is 0 Å². The second-order valence-electron chi connectivity index (χ2n) is 3.07. The van der Waals surface area contributed by atoms with E-state index in [1.807, 2.05) is 0 Å². The number of nitro groups is 1. The Morgan fingerprint density at radius 3 is 2.17 bits per heavy atom. The summed E-state index contributed by atoms with van der Waals surface area (Å²) in [6.07, 6.45) is -5.08. The minimum atomic E-state index is -5.08. The lowest BCUT2D eigenvalue weighted by atomic mass is 10.2. The first kappa shape index (κ1) is 14.9. The zero-order valence-corrected chi connectivity index (χ0v) is 10.6. The predicted octanol–water partition coefficient (Wildman–Crippen LogP) is 2.02. The molecule has 0 fully saturated rings. The number of rotatable bonds is 2. The molecule has 0 saturated heterocycles. The predicted molar refractivity (Wildman–Crippen MR) is 57.2 cm³/mol. The van der Waals surface area contributed by atoms with Gasteiger partial charge in [0.15, 0.2) is 4.90 Å². The van der Waals surface area contributed by atoms with Crippen molar-refractivity contribution in [3.8, 4) is 0 Å². The summed E-state index contributed by atoms with van der Waals surface area (Å²) in [5.41, 5.74) is -2.92. The lowest BCUT2D eigenvalue weighted by Gasteiger charge is -2.12. The fourth-order valence-electron chi connectivity index (χ4n) is 1.23. The second kappa shape index (κ2) is 4.48. The number of halogens is 4. The summed E-state index contributed by atoms with van der Waals surface area (Å²) >= 11 is 2.61. The number of sulfonamides is 1. The quantitative estimate of drug-likeness (QED) is 0.652. The lowest BCUT2D eigenvalue weighted by Crippen LogP contribution is -2.21. The number of nitrogens with zero attached hydrogens (tertiary/aromatic N) is 1. The summed E-state index contributed by atoms with van der Waals surface area (Å²) in [7, 11) is -4.91. The highest BCUT2D eigenvalue weighted by atomic mass is 79.9. The van der Waals surface area contributed by atoms with Gasteiger partial charge in [-0.15, -0.1) is 0 Å². The highest BCUT2D eigenvalue weighted by molar-refractivity contribution is 9.10. The van der Waals surface area contributed by atoms with E-state index >= 15 is 0 Å². The van der Waals surface area contributed by atoms with Crippen molar-refractivity contribution in [1.29, 1.82) is 0 Å². The van der Waals surface area contributed by atoms with Crippen molar-refractivity contribution in [1.82, 2.24) is 0 Å². The van der Waals surface area contributed by atoms with Crippen LogP contribution in [0, 0.1) is 10.1 Å². The van der Waals surface area contributed by atoms with Crippen LogP contribution in [0.25, 0.3) is 0 Å². The van der Waals surface area contributed by atoms with Gasteiger partial charge in [-0.1, -0.05) is 0 Å². The van der Waals surface area contributed by atoms with Gasteiger partial charge in [0.05, 0.1) is 15.0 Å². The van der Waals surface area contributed by atoms with E-state index in [4.69, 9.17) is 0 Å². The molecule has 2 N–H and O–H groups in total. The first-order valence-corrected chi connectivity index (χ1v) is 6.37. The fourth-order valence-corrected chi connectivity index (χ4v) is 2.78. The van der Waals surface area contributed by atoms with Crippen LogP contribution in [-0.4, -0.2) is 13.3 Å². The number of nitrogens with two attached hydrogens (primary N) is 1. The summed E-state index contributed by atoms with van der Waals surface area (Å²) in [6, 6.07) is 1.13. The molecule has 11 heteroatoms. The topological polar surface area (TPSA) is 103 Å². The number of alkyl halides is 3. The van der Waals surface area contributed by atoms with E-state index in [0.717, 1.165) is 6.07 Å². The van der Waals surface area contributed by atoms with E-state index in [2.05, 4.69) is 21.1 Å². The van der Waals surface area contributed by atoms with Gasteiger partial charge < -0.3 is 0 Å². The average Bonchev–Trinajstić information content (AvgIpc) is 2.12. The Hall–Kier alpha value is -1.20. The number of benzene rings is 1. The zero-order chi connectivity index (χ0) is 14.3. The van der Waals surface area contributed by atoms with Crippen molar-refractivity contribution in [2.45, 2.75) is 11.1 Å². The van der Waals surface area contributed by atoms with Crippen molar-refractivity contribution < 1.29 is 26.5 Å². The van der Waals surface area contributed by atoms with Crippen LogP contribution in [-0.2, 0) is 16.2 Å². The van der Waals surface area contributed by atoms with Crippen molar-refractivity contribution in [2.75, 3.05) is 0 Å². The summed E-state index contributed by atoms with van der Waals surface area (Å²) in [5, 5.41) is 15.3. The van der Waals surface area contributed by atoms with E-state index < -0.39 is 41.7 Å². The third-order valence-corrected chi connectivity index (χ3v) is 3.48. The van der Waals surface area contributed by atoms with Gasteiger partial charge in [0.2, 0.25) is 10.0 Å². The minimum Gasteiger partial charge on any atom is -0.258 e. The monoisotopic (exact) mass is 348 g/mol. The molecule has 100 valence electrons. The zero-order valence-electron chi connectivity index (χ0n) is 8.23. The molecule has 0 aliphatic heterocycles. The maximum atomic E-state index is 12.6. The van der Waals surface area contributed by atoms with Crippen molar-refractivity contribution in [3.05, 3.63) is 32.3 Å². The molecule has 0 amide bonds. The molecule has 1 aromatic carbocycles. The maximum absolute atomic E-state index is 12.6. The van der Waals surface area contributed by atoms with E-state index in [-0.39, 0.29) is 0 Å². The Labute approximate surface area is 107 Å². The molecule has 18 heavy (non-hydrogen) atoms. The first-order chi connectivity index (χ1) is 7.96. The molecule has 0 atom stereocenters. The summed E-state index contributed by atoms with van der Waals surface area (Å²) in [4.78, 5) is 7.84. The highest BCUT2D eigenvalue weighted by Crippen LogP contribution is 2.41. The van der Waals surface area contributed by atoms with Gasteiger partial charge >= 0.3 is 11.9 Å². The van der Waals surface area contributed by atoms with Crippen LogP contribution in [0.3, 0.4) is 0 Å². The van der Waals surface area contributed by atoms with Crippen LogP contribution < -0.4 is 5.14 Å². The Kier molecular flexibility index (Phi) is 3.70. The maximum Gasteiger partial charge on any atom is 0.417 e. The number of hydrogen-bond donors (Lipinski definition) is 1. The van der Waals surface area contributed by atoms with Crippen molar-refractivity contribution >= 4 is 31.6 Å². The van der Waals surface area contributed by atoms with Crippen LogP contribution in [0.15, 0.2) is 21.5 Å². The molecule has 0 radical (unpaired) electrons. The highest BCUT2D eigenvalue weighted by Gasteiger charge is 2.41. The third kappa shape index (κ3) is 2.79. The Balaban J connectivity index is 3.90. The van der Waals surface area contributed by atoms with Crippen LogP contribution >= 0.6 is 15.9 Å². The van der Waals surface area contributed by atoms with Gasteiger partial charge in [-0.05, 0) is 28.1 Å². The lowest BCUT2D eigenvalue weighted by molar-refractivity contribution is -0.389. The number of primary sulfonamides is 1. The molecule has 1 rings (SSSR count). The van der Waals surface area contributed by atoms with E-state index in [9.17, 15) is 31.7 Å². The minimum absolute atomic E-state index is 0.400. The average molecular weight is 349 g/mol. The molecular formula is C7H4BrF3N2O4S. The fraction of sp³-hybridized carbons (Fsp3) is 0.143. The molecule has 0 aliphatic rings. The smallest absolute Gasteiger partial charge is 0.258 e. The van der Waals surface area contributed by atoms with Crippen molar-refractivity contribution in [3.63, 3.8) is 0 Å². The molecule has 0 unspecified atom stereocenters. The molecular weight excluding hydrogens is 345 g/mol. The molecule has 0 bridgehead atoms. The third-order valence-electron chi connectivity index (χ3n) is 1.85. The van der Waals surface area contributed by atoms with Gasteiger partial charge in [-0.25, -0.2) is 13.6 Å². The van der Waals surface area contributed by atoms with Crippen LogP contribution in [0.1, 0.15) is 5.56 Å². The van der Waals surface area contributed by atoms with Gasteiger partial charge in [0.25, 0.3) is 0 Å². The first-order valence-electron chi connectivity index (χ1n) is 4.03. The molecule has 1 aromatic rings. The van der Waals surface area contributed by atoms with Crippen LogP contribution in [0.5, 0.6) is 0 Å². The van der Waals surface area contributed by atoms with Crippen LogP contribution in [0.4, 0.5) is 18.9 Å². The van der Waals surface area contributed by atoms with Crippen molar-refractivity contribution in [2.24, 2.45) is 5.14 Å². The molecule has 0 saturated carbocycles. The molecule has 0 aliphatic carbocycles. The molecule has 0 heterocycles. The number of nitro benzene ring substituents is 1. The van der Waals surface area contributed by atoms with Gasteiger partial charge in [-0.3, -0.25) is 10.1 Å². The summed E-state index contributed by atoms with van der Waals surface area (Å²) in [5.74, 6) is 0. The molecule has 0 spiro atoms. The van der Waals surface area contributed by atoms with Crippen LogP contribution in [0.2, 0.25) is 0 Å². The SMILES string of the molecule is NS(=O)(=O)c1c(C(F)(F)F)ccc(Br)c1[N+](=O)[O-]. The van der Waals surface area contributed by atoms with E-state index in [1.165, 1.54) is 0 Å². The van der Waals surface area contributed by atoms with Gasteiger partial charge in [-0.2, -0.15) is 13.2 Å². The normalized spacial score (nSPS) is 12.5. The van der Waals surface area contributed by atoms with Gasteiger partial charge in [0.1, 0.15) is 0 Å². The Morgan fingerprint density at radius 2 is 1.83 bits per heavy atom. The summed E-state index contributed by atoms with van der Waals surface area (Å²) in [6.45, 7) is 0. The largest absolute Gasteiger partial charge is 0.417 e. The molecule has 0 aromatic heterocycles. The number of hydrogen-bond acceptors (Lipinski definition) is 4. The van der Waals surface area contributed by atoms with E-state index in [1.54, 1.807) is 0 Å². The van der Waals surface area contributed by atoms with E-state index in [0.29, 0.717) is 6.07 Å². The standard InChI is InChI=1S/C7H4BrF3N2O4S/c8-4-2-1-3(7(9,10)11)6(18(12,16)17)5(4)13(14)15/h1-2H,(H2,12,16,17). The Bertz CT molecular complexity index is 614.